The molecule has 2 N–H and O–H groups in total. The summed E-state index contributed by atoms with van der Waals surface area (Å²) in [6.07, 6.45) is 3.50. The lowest BCUT2D eigenvalue weighted by atomic mass is 10.2. The summed E-state index contributed by atoms with van der Waals surface area (Å²) >= 11 is 4.76. The zero-order chi connectivity index (χ0) is 12.0. The summed E-state index contributed by atoms with van der Waals surface area (Å²) in [7, 11) is 1.61. The fraction of sp³-hybridized carbons (Fsp3) is 0.250. The van der Waals surface area contributed by atoms with E-state index in [1.54, 1.807) is 13.2 Å². The highest BCUT2D eigenvalue weighted by Gasteiger charge is 2.03. The third kappa shape index (κ3) is 3.55. The van der Waals surface area contributed by atoms with Crippen LogP contribution in [0.1, 0.15) is 12.5 Å². The molecule has 0 heterocycles. The van der Waals surface area contributed by atoms with Gasteiger partial charge < -0.3 is 15.2 Å². The lowest BCUT2D eigenvalue weighted by molar-refractivity contribution is 0.311. The number of hydrogen-bond donors (Lipinski definition) is 1. The first-order valence-electron chi connectivity index (χ1n) is 4.95. The van der Waals surface area contributed by atoms with Crippen LogP contribution >= 0.6 is 12.2 Å². The first-order valence-corrected chi connectivity index (χ1v) is 5.36. The van der Waals surface area contributed by atoms with Crippen molar-refractivity contribution in [2.75, 3.05) is 13.7 Å². The molecule has 0 radical (unpaired) electrons. The third-order valence-corrected chi connectivity index (χ3v) is 2.06. The van der Waals surface area contributed by atoms with Gasteiger partial charge in [-0.25, -0.2) is 0 Å². The van der Waals surface area contributed by atoms with Crippen LogP contribution in [-0.2, 0) is 0 Å². The summed E-state index contributed by atoms with van der Waals surface area (Å²) in [6.45, 7) is 2.54. The zero-order valence-electron chi connectivity index (χ0n) is 9.40. The van der Waals surface area contributed by atoms with Gasteiger partial charge in [0.15, 0.2) is 11.5 Å². The highest BCUT2D eigenvalue weighted by molar-refractivity contribution is 7.80. The molecule has 1 rings (SSSR count). The third-order valence-electron chi connectivity index (χ3n) is 1.93. The number of nitrogens with two attached hydrogens (primary N) is 1. The molecule has 0 atom stereocenters. The lowest BCUT2D eigenvalue weighted by Gasteiger charge is -2.09. The summed E-state index contributed by atoms with van der Waals surface area (Å²) in [5, 5.41) is 0. The fourth-order valence-electron chi connectivity index (χ4n) is 1.24. The summed E-state index contributed by atoms with van der Waals surface area (Å²) < 4.78 is 10.6. The van der Waals surface area contributed by atoms with Crippen molar-refractivity contribution < 1.29 is 9.47 Å². The van der Waals surface area contributed by atoms with Crippen molar-refractivity contribution in [3.05, 3.63) is 29.8 Å². The highest BCUT2D eigenvalue weighted by Crippen LogP contribution is 2.28. The van der Waals surface area contributed by atoms with E-state index in [0.29, 0.717) is 17.3 Å². The molecule has 86 valence electrons. The molecule has 0 saturated carbocycles. The average Bonchev–Trinajstić information content (AvgIpc) is 2.28. The second-order valence-electron chi connectivity index (χ2n) is 3.08. The fourth-order valence-corrected chi connectivity index (χ4v) is 1.31. The number of thiocarbonyl (C=S) groups is 1. The van der Waals surface area contributed by atoms with E-state index in [4.69, 9.17) is 27.4 Å². The molecule has 0 saturated heterocycles. The number of ether oxygens (including phenoxy) is 2. The average molecular weight is 237 g/mol. The van der Waals surface area contributed by atoms with Gasteiger partial charge in [0.05, 0.1) is 18.7 Å². The normalized spacial score (nSPS) is 10.4. The molecule has 1 aromatic rings. The minimum atomic E-state index is 0.354. The number of methoxy groups -OCH3 is 1. The maximum atomic E-state index is 5.41. The Hall–Kier alpha value is -1.55. The van der Waals surface area contributed by atoms with Gasteiger partial charge in [-0.3, -0.25) is 0 Å². The molecule has 0 aliphatic rings. The second-order valence-corrected chi connectivity index (χ2v) is 3.55. The largest absolute Gasteiger partial charge is 0.493 e. The smallest absolute Gasteiger partial charge is 0.161 e. The van der Waals surface area contributed by atoms with Crippen molar-refractivity contribution in [2.45, 2.75) is 6.92 Å². The van der Waals surface area contributed by atoms with Gasteiger partial charge in [0.25, 0.3) is 0 Å². The first-order chi connectivity index (χ1) is 7.67. The van der Waals surface area contributed by atoms with E-state index in [2.05, 4.69) is 0 Å². The molecule has 16 heavy (non-hydrogen) atoms. The second kappa shape index (κ2) is 6.12. The molecular formula is C12H15NO2S. The minimum Gasteiger partial charge on any atom is -0.493 e. The van der Waals surface area contributed by atoms with E-state index >= 15 is 0 Å². The summed E-state index contributed by atoms with van der Waals surface area (Å²) in [5.74, 6) is 1.43. The molecule has 0 aliphatic heterocycles. The standard InChI is InChI=1S/C12H15NO2S/c1-3-15-10-6-4-9(5-7-12(13)16)8-11(10)14-2/h4-8H,3H2,1-2H3,(H2,13,16)/b7-5+. The van der Waals surface area contributed by atoms with Crippen LogP contribution in [0.15, 0.2) is 24.3 Å². The van der Waals surface area contributed by atoms with Crippen LogP contribution in [0.25, 0.3) is 6.08 Å². The van der Waals surface area contributed by atoms with Crippen LogP contribution in [0.2, 0.25) is 0 Å². The zero-order valence-corrected chi connectivity index (χ0v) is 10.2. The predicted octanol–water partition coefficient (Wildman–Crippen LogP) is 2.39. The Balaban J connectivity index is 2.94. The van der Waals surface area contributed by atoms with Crippen molar-refractivity contribution in [3.8, 4) is 11.5 Å². The van der Waals surface area contributed by atoms with Crippen LogP contribution in [0.3, 0.4) is 0 Å². The van der Waals surface area contributed by atoms with E-state index < -0.39 is 0 Å². The van der Waals surface area contributed by atoms with Crippen LogP contribution in [-0.4, -0.2) is 18.7 Å². The molecule has 0 bridgehead atoms. The summed E-state index contributed by atoms with van der Waals surface area (Å²) in [5.41, 5.74) is 6.34. The molecule has 0 aliphatic carbocycles. The van der Waals surface area contributed by atoms with Crippen LogP contribution in [0.4, 0.5) is 0 Å². The topological polar surface area (TPSA) is 44.5 Å². The Kier molecular flexibility index (Phi) is 4.79. The predicted molar refractivity (Wildman–Crippen MR) is 70.0 cm³/mol. The van der Waals surface area contributed by atoms with Crippen LogP contribution in [0.5, 0.6) is 11.5 Å². The molecule has 1 aromatic carbocycles. The van der Waals surface area contributed by atoms with Gasteiger partial charge >= 0.3 is 0 Å². The Bertz CT molecular complexity index is 402. The van der Waals surface area contributed by atoms with Gasteiger partial charge in [-0.15, -0.1) is 0 Å². The van der Waals surface area contributed by atoms with Gasteiger partial charge in [0, 0.05) is 0 Å². The SMILES string of the molecule is CCOc1ccc(/C=C/C(N)=S)cc1OC. The van der Waals surface area contributed by atoms with Crippen molar-refractivity contribution in [3.63, 3.8) is 0 Å². The monoisotopic (exact) mass is 237 g/mol. The van der Waals surface area contributed by atoms with E-state index in [1.165, 1.54) is 0 Å². The van der Waals surface area contributed by atoms with Gasteiger partial charge in [-0.2, -0.15) is 0 Å². The van der Waals surface area contributed by atoms with Gasteiger partial charge in [-0.1, -0.05) is 24.4 Å². The maximum absolute atomic E-state index is 5.41. The van der Waals surface area contributed by atoms with E-state index in [9.17, 15) is 0 Å². The number of rotatable bonds is 5. The van der Waals surface area contributed by atoms with Crippen LogP contribution in [0, 0.1) is 0 Å². The molecule has 0 aromatic heterocycles. The quantitative estimate of drug-likeness (QED) is 0.631. The van der Waals surface area contributed by atoms with Crippen LogP contribution < -0.4 is 15.2 Å². The van der Waals surface area contributed by atoms with Gasteiger partial charge in [-0.05, 0) is 30.7 Å². The summed E-state index contributed by atoms with van der Waals surface area (Å²) in [6, 6.07) is 5.66. The van der Waals surface area contributed by atoms with E-state index in [-0.39, 0.29) is 0 Å². The van der Waals surface area contributed by atoms with Gasteiger partial charge in [0.1, 0.15) is 0 Å². The van der Waals surface area contributed by atoms with Crippen molar-refractivity contribution in [2.24, 2.45) is 5.73 Å². The number of hydrogen-bond acceptors (Lipinski definition) is 3. The Morgan fingerprint density at radius 1 is 1.44 bits per heavy atom. The minimum absolute atomic E-state index is 0.354. The van der Waals surface area contributed by atoms with Gasteiger partial charge in [0.2, 0.25) is 0 Å². The molecule has 0 unspecified atom stereocenters. The first kappa shape index (κ1) is 12.5. The molecule has 0 amide bonds. The number of benzene rings is 1. The Labute approximate surface area is 101 Å². The van der Waals surface area contributed by atoms with Crippen molar-refractivity contribution >= 4 is 23.3 Å². The van der Waals surface area contributed by atoms with E-state index in [0.717, 1.165) is 11.3 Å². The molecule has 3 nitrogen and oxygen atoms in total. The Morgan fingerprint density at radius 2 is 2.19 bits per heavy atom. The molecule has 0 fully saturated rings. The van der Waals surface area contributed by atoms with Crippen molar-refractivity contribution in [1.82, 2.24) is 0 Å². The highest BCUT2D eigenvalue weighted by atomic mass is 32.1. The van der Waals surface area contributed by atoms with Crippen molar-refractivity contribution in [1.29, 1.82) is 0 Å². The molecule has 4 heteroatoms. The Morgan fingerprint density at radius 3 is 2.75 bits per heavy atom. The molecule has 0 spiro atoms. The lowest BCUT2D eigenvalue weighted by Crippen LogP contribution is -2.02. The molecular weight excluding hydrogens is 222 g/mol. The van der Waals surface area contributed by atoms with E-state index in [1.807, 2.05) is 31.2 Å². The summed E-state index contributed by atoms with van der Waals surface area (Å²) in [4.78, 5) is 0.354. The maximum Gasteiger partial charge on any atom is 0.161 e.